The number of rotatable bonds is 6. The molecule has 2 heterocycles. The van der Waals surface area contributed by atoms with Gasteiger partial charge in [-0.3, -0.25) is 9.36 Å². The van der Waals surface area contributed by atoms with Gasteiger partial charge in [0.1, 0.15) is 11.8 Å². The third kappa shape index (κ3) is 5.03. The third-order valence-electron chi connectivity index (χ3n) is 5.78. The maximum Gasteiger partial charge on any atom is 0.338 e. The molecule has 1 atom stereocenters. The fraction of sp³-hybridized carbons (Fsp3) is 0.296. The van der Waals surface area contributed by atoms with Crippen LogP contribution in [0.1, 0.15) is 37.9 Å². The first-order valence-electron chi connectivity index (χ1n) is 11.4. The number of esters is 1. The van der Waals surface area contributed by atoms with Crippen molar-refractivity contribution < 1.29 is 14.3 Å². The molecule has 0 N–H and O–H groups in total. The fourth-order valence-corrected chi connectivity index (χ4v) is 5.52. The molecule has 0 bridgehead atoms. The second kappa shape index (κ2) is 10.4. The molecular formula is C27H28BrN3O4S. The van der Waals surface area contributed by atoms with Crippen molar-refractivity contribution >= 4 is 45.0 Å². The van der Waals surface area contributed by atoms with Gasteiger partial charge in [-0.25, -0.2) is 9.79 Å². The number of hydrogen-bond acceptors (Lipinski definition) is 7. The molecule has 3 aromatic rings. The second-order valence-corrected chi connectivity index (χ2v) is 10.8. The van der Waals surface area contributed by atoms with Gasteiger partial charge >= 0.3 is 5.97 Å². The molecule has 188 valence electrons. The lowest BCUT2D eigenvalue weighted by Gasteiger charge is -2.26. The van der Waals surface area contributed by atoms with Crippen molar-refractivity contribution in [3.8, 4) is 5.75 Å². The number of nitrogens with zero attached hydrogens (tertiary/aromatic N) is 3. The van der Waals surface area contributed by atoms with Crippen molar-refractivity contribution in [3.05, 3.63) is 89.0 Å². The number of carbonyl (C=O) groups is 1. The Labute approximate surface area is 222 Å². The van der Waals surface area contributed by atoms with Crippen LogP contribution < -0.4 is 24.5 Å². The van der Waals surface area contributed by atoms with E-state index in [0.717, 1.165) is 15.7 Å². The number of halogens is 1. The van der Waals surface area contributed by atoms with Crippen LogP contribution in [0.15, 0.2) is 68.0 Å². The van der Waals surface area contributed by atoms with E-state index >= 15 is 0 Å². The van der Waals surface area contributed by atoms with Crippen LogP contribution in [0, 0.1) is 0 Å². The molecule has 0 spiro atoms. The van der Waals surface area contributed by atoms with Crippen molar-refractivity contribution in [3.63, 3.8) is 0 Å². The van der Waals surface area contributed by atoms with Crippen molar-refractivity contribution in [2.45, 2.75) is 32.9 Å². The highest BCUT2D eigenvalue weighted by atomic mass is 79.9. The summed E-state index contributed by atoms with van der Waals surface area (Å²) in [6, 6.07) is 12.7. The van der Waals surface area contributed by atoms with Crippen LogP contribution in [0.2, 0.25) is 0 Å². The van der Waals surface area contributed by atoms with Gasteiger partial charge in [0.2, 0.25) is 0 Å². The van der Waals surface area contributed by atoms with Crippen molar-refractivity contribution in [1.82, 2.24) is 4.57 Å². The van der Waals surface area contributed by atoms with Gasteiger partial charge in [-0.2, -0.15) is 0 Å². The van der Waals surface area contributed by atoms with E-state index in [1.165, 1.54) is 11.3 Å². The molecule has 0 unspecified atom stereocenters. The second-order valence-electron chi connectivity index (χ2n) is 8.91. The molecular weight excluding hydrogens is 542 g/mol. The van der Waals surface area contributed by atoms with E-state index in [9.17, 15) is 9.59 Å². The highest BCUT2D eigenvalue weighted by Gasteiger charge is 2.35. The van der Waals surface area contributed by atoms with Gasteiger partial charge in [-0.05, 0) is 62.7 Å². The van der Waals surface area contributed by atoms with E-state index in [-0.39, 0.29) is 11.7 Å². The van der Waals surface area contributed by atoms with Crippen LogP contribution in [0.3, 0.4) is 0 Å². The average Bonchev–Trinajstić information content (AvgIpc) is 3.12. The van der Waals surface area contributed by atoms with Crippen LogP contribution in [-0.4, -0.2) is 37.8 Å². The van der Waals surface area contributed by atoms with Gasteiger partial charge < -0.3 is 14.4 Å². The molecule has 7 nitrogen and oxygen atoms in total. The summed E-state index contributed by atoms with van der Waals surface area (Å²) in [6.45, 7) is 5.35. The van der Waals surface area contributed by atoms with E-state index in [2.05, 4.69) is 20.9 Å². The number of ether oxygens (including phenoxy) is 2. The Morgan fingerprint density at radius 2 is 1.89 bits per heavy atom. The zero-order chi connectivity index (χ0) is 26.1. The standard InChI is InChI=1S/C27H28BrN3O4S/c1-15(2)35-26(33)23-16(3)29-27-31(24(23)20-14-18(28)9-12-21(20)34-6)25(32)22(36-27)13-17-7-10-19(11-8-17)30(4)5/h7-15,24H,1-6H3/b22-13-/t24-/m0/s1. The smallest absolute Gasteiger partial charge is 0.338 e. The molecule has 0 radical (unpaired) electrons. The molecule has 0 fully saturated rings. The molecule has 0 aliphatic carbocycles. The summed E-state index contributed by atoms with van der Waals surface area (Å²) in [5.41, 5.74) is 3.23. The third-order valence-corrected chi connectivity index (χ3v) is 7.25. The minimum atomic E-state index is -0.752. The maximum atomic E-state index is 13.8. The first-order chi connectivity index (χ1) is 17.1. The van der Waals surface area contributed by atoms with Crippen molar-refractivity contribution in [2.75, 3.05) is 26.1 Å². The van der Waals surface area contributed by atoms with Gasteiger partial charge in [0, 0.05) is 29.8 Å². The van der Waals surface area contributed by atoms with Gasteiger partial charge in [0.15, 0.2) is 4.80 Å². The summed E-state index contributed by atoms with van der Waals surface area (Å²) in [5, 5.41) is 0. The number of aromatic nitrogens is 1. The van der Waals surface area contributed by atoms with E-state index in [1.54, 1.807) is 32.4 Å². The highest BCUT2D eigenvalue weighted by Crippen LogP contribution is 2.37. The molecule has 9 heteroatoms. The van der Waals surface area contributed by atoms with Crippen LogP contribution in [0.5, 0.6) is 5.75 Å². The minimum Gasteiger partial charge on any atom is -0.496 e. The molecule has 2 aromatic carbocycles. The Balaban J connectivity index is 1.95. The van der Waals surface area contributed by atoms with Gasteiger partial charge in [-0.15, -0.1) is 0 Å². The van der Waals surface area contributed by atoms with E-state index in [0.29, 0.717) is 31.9 Å². The largest absolute Gasteiger partial charge is 0.496 e. The molecule has 36 heavy (non-hydrogen) atoms. The molecule has 1 aliphatic rings. The lowest BCUT2D eigenvalue weighted by atomic mass is 9.95. The van der Waals surface area contributed by atoms with Gasteiger partial charge in [0.25, 0.3) is 5.56 Å². The van der Waals surface area contributed by atoms with Gasteiger partial charge in [0.05, 0.1) is 29.0 Å². The summed E-state index contributed by atoms with van der Waals surface area (Å²) in [6.07, 6.45) is 1.53. The fourth-order valence-electron chi connectivity index (χ4n) is 4.09. The quantitative estimate of drug-likeness (QED) is 0.419. The molecule has 1 aromatic heterocycles. The molecule has 0 saturated heterocycles. The van der Waals surface area contributed by atoms with Crippen molar-refractivity contribution in [2.24, 2.45) is 4.99 Å². The summed E-state index contributed by atoms with van der Waals surface area (Å²) < 4.78 is 14.1. The molecule has 4 rings (SSSR count). The number of thiazole rings is 1. The predicted octanol–water partition coefficient (Wildman–Crippen LogP) is 4.02. The first kappa shape index (κ1) is 25.9. The predicted molar refractivity (Wildman–Crippen MR) is 146 cm³/mol. The lowest BCUT2D eigenvalue weighted by molar-refractivity contribution is -0.143. The normalized spacial score (nSPS) is 15.6. The summed E-state index contributed by atoms with van der Waals surface area (Å²) in [5.74, 6) is 0.0495. The molecule has 0 amide bonds. The van der Waals surface area contributed by atoms with E-state index in [4.69, 9.17) is 9.47 Å². The van der Waals surface area contributed by atoms with Crippen LogP contribution >= 0.6 is 27.3 Å². The number of methoxy groups -OCH3 is 1. The van der Waals surface area contributed by atoms with Crippen LogP contribution in [-0.2, 0) is 9.53 Å². The Morgan fingerprint density at radius 1 is 1.19 bits per heavy atom. The highest BCUT2D eigenvalue weighted by molar-refractivity contribution is 9.10. The number of carbonyl (C=O) groups excluding carboxylic acids is 1. The number of fused-ring (bicyclic) bond motifs is 1. The summed E-state index contributed by atoms with van der Waals surface area (Å²) >= 11 is 4.82. The average molecular weight is 571 g/mol. The number of benzene rings is 2. The van der Waals surface area contributed by atoms with E-state index in [1.807, 2.05) is 67.5 Å². The van der Waals surface area contributed by atoms with Gasteiger partial charge in [-0.1, -0.05) is 39.4 Å². The number of anilines is 1. The number of hydrogen-bond donors (Lipinski definition) is 0. The molecule has 1 aliphatic heterocycles. The maximum absolute atomic E-state index is 13.8. The first-order valence-corrected chi connectivity index (χ1v) is 13.1. The lowest BCUT2D eigenvalue weighted by Crippen LogP contribution is -2.40. The topological polar surface area (TPSA) is 73.1 Å². The Hall–Kier alpha value is -3.17. The van der Waals surface area contributed by atoms with Crippen LogP contribution in [0.4, 0.5) is 5.69 Å². The van der Waals surface area contributed by atoms with E-state index < -0.39 is 12.0 Å². The Bertz CT molecular complexity index is 1520. The van der Waals surface area contributed by atoms with Crippen molar-refractivity contribution in [1.29, 1.82) is 0 Å². The SMILES string of the molecule is COc1ccc(Br)cc1[C@H]1C(C(=O)OC(C)C)=C(C)N=c2s/c(=C\c3ccc(N(C)C)cc3)c(=O)n21. The van der Waals surface area contributed by atoms with Crippen LogP contribution in [0.25, 0.3) is 6.08 Å². The number of allylic oxidation sites excluding steroid dienone is 1. The zero-order valence-corrected chi connectivity index (χ0v) is 23.4. The zero-order valence-electron chi connectivity index (χ0n) is 21.0. The monoisotopic (exact) mass is 569 g/mol. The molecule has 0 saturated carbocycles. The summed E-state index contributed by atoms with van der Waals surface area (Å²) in [7, 11) is 5.53. The Kier molecular flexibility index (Phi) is 7.51. The minimum absolute atomic E-state index is 0.232. The summed E-state index contributed by atoms with van der Waals surface area (Å²) in [4.78, 5) is 34.3. The Morgan fingerprint density at radius 3 is 2.50 bits per heavy atom.